The van der Waals surface area contributed by atoms with Crippen LogP contribution in [0.2, 0.25) is 0 Å². The predicted octanol–water partition coefficient (Wildman–Crippen LogP) is 1.78. The number of ether oxygens (including phenoxy) is 1. The molecule has 0 radical (unpaired) electrons. The number of fused-ring (bicyclic) bond motifs is 5. The van der Waals surface area contributed by atoms with Crippen molar-refractivity contribution in [2.45, 2.75) is 25.2 Å². The summed E-state index contributed by atoms with van der Waals surface area (Å²) in [5.74, 6) is -0.0586. The summed E-state index contributed by atoms with van der Waals surface area (Å²) in [7, 11) is 3.25. The van der Waals surface area contributed by atoms with Gasteiger partial charge in [0.2, 0.25) is 5.95 Å². The van der Waals surface area contributed by atoms with E-state index < -0.39 is 5.95 Å². The fourth-order valence-electron chi connectivity index (χ4n) is 3.82. The topological polar surface area (TPSA) is 56.5 Å². The molecule has 2 aromatic rings. The van der Waals surface area contributed by atoms with Crippen LogP contribution in [-0.4, -0.2) is 35.1 Å². The van der Waals surface area contributed by atoms with E-state index in [4.69, 9.17) is 0 Å². The molecule has 0 amide bonds. The van der Waals surface area contributed by atoms with Crippen molar-refractivity contribution in [3.8, 4) is 0 Å². The maximum atomic E-state index is 13.3. The second-order valence-electron chi connectivity index (χ2n) is 6.01. The van der Waals surface area contributed by atoms with Gasteiger partial charge in [-0.25, -0.2) is 9.50 Å². The number of nitrogens with zero attached hydrogens (tertiary/aromatic N) is 3. The Morgan fingerprint density at radius 3 is 2.90 bits per heavy atom. The van der Waals surface area contributed by atoms with Crippen LogP contribution in [0.5, 0.6) is 0 Å². The Bertz CT molecular complexity index is 700. The zero-order valence-corrected chi connectivity index (χ0v) is 12.3. The van der Waals surface area contributed by atoms with Crippen molar-refractivity contribution in [2.24, 2.45) is 11.8 Å². The molecule has 0 aliphatic heterocycles. The first-order chi connectivity index (χ1) is 10.0. The molecule has 112 valence electrons. The number of rotatable bonds is 1. The van der Waals surface area contributed by atoms with Crippen LogP contribution < -0.4 is 0 Å². The summed E-state index contributed by atoms with van der Waals surface area (Å²) < 4.78 is 19.1. The molecule has 5 nitrogen and oxygen atoms in total. The van der Waals surface area contributed by atoms with E-state index in [1.165, 1.54) is 6.07 Å². The second-order valence-corrected chi connectivity index (χ2v) is 6.01. The van der Waals surface area contributed by atoms with Gasteiger partial charge in [-0.15, -0.1) is 5.10 Å². The first-order valence-corrected chi connectivity index (χ1v) is 6.94. The highest BCUT2D eigenvalue weighted by Gasteiger charge is 2.57. The second kappa shape index (κ2) is 4.87. The first-order valence-electron chi connectivity index (χ1n) is 6.94. The largest absolute Gasteiger partial charge is 0.388 e. The first kappa shape index (κ1) is 14.1. The van der Waals surface area contributed by atoms with Crippen molar-refractivity contribution in [1.29, 1.82) is 0 Å². The molecular formula is C15H18FN3O2. The fourth-order valence-corrected chi connectivity index (χ4v) is 3.82. The van der Waals surface area contributed by atoms with Crippen LogP contribution in [0.25, 0.3) is 5.65 Å². The van der Waals surface area contributed by atoms with Crippen molar-refractivity contribution >= 4 is 11.9 Å². The standard InChI is InChI=1S/C13H12FN3O.C2H6O/c1-13-4-8(6-18)9(13)2-7-5-15-11-3-10(14)16-17(11)12(7)13;1-3-2/h3,5-6,8-9H,2,4H2,1H3;1-2H3. The molecule has 0 bridgehead atoms. The molecule has 21 heavy (non-hydrogen) atoms. The predicted molar refractivity (Wildman–Crippen MR) is 74.6 cm³/mol. The average Bonchev–Trinajstić information content (AvgIpc) is 2.91. The van der Waals surface area contributed by atoms with Crippen LogP contribution >= 0.6 is 0 Å². The summed E-state index contributed by atoms with van der Waals surface area (Å²) in [6.07, 6.45) is 4.53. The SMILES string of the molecule is CC12CC(C=O)C1Cc1cnc3cc(F)nn3c12.COC. The Balaban J connectivity index is 0.000000409. The summed E-state index contributed by atoms with van der Waals surface area (Å²) in [6.45, 7) is 2.14. The van der Waals surface area contributed by atoms with Gasteiger partial charge in [0, 0.05) is 37.8 Å². The lowest BCUT2D eigenvalue weighted by Crippen LogP contribution is -2.48. The van der Waals surface area contributed by atoms with Crippen LogP contribution in [0.1, 0.15) is 24.6 Å². The molecule has 1 fully saturated rings. The van der Waals surface area contributed by atoms with Gasteiger partial charge in [-0.05, 0) is 24.3 Å². The van der Waals surface area contributed by atoms with E-state index in [-0.39, 0.29) is 11.3 Å². The number of halogens is 1. The molecule has 3 unspecified atom stereocenters. The number of methoxy groups -OCH3 is 1. The molecule has 3 atom stereocenters. The zero-order chi connectivity index (χ0) is 15.2. The van der Waals surface area contributed by atoms with E-state index in [0.29, 0.717) is 11.6 Å². The maximum absolute atomic E-state index is 13.3. The molecule has 0 aromatic carbocycles. The molecule has 6 heteroatoms. The van der Waals surface area contributed by atoms with Gasteiger partial charge in [0.05, 0.1) is 5.69 Å². The fraction of sp³-hybridized carbons (Fsp3) is 0.533. The van der Waals surface area contributed by atoms with Gasteiger partial charge >= 0.3 is 0 Å². The Morgan fingerprint density at radius 2 is 2.24 bits per heavy atom. The normalized spacial score (nSPS) is 29.1. The van der Waals surface area contributed by atoms with Gasteiger partial charge in [0.1, 0.15) is 6.29 Å². The van der Waals surface area contributed by atoms with E-state index in [1.807, 2.05) is 0 Å². The lowest BCUT2D eigenvalue weighted by Gasteiger charge is -2.47. The van der Waals surface area contributed by atoms with E-state index in [1.54, 1.807) is 24.9 Å². The van der Waals surface area contributed by atoms with Gasteiger partial charge in [-0.1, -0.05) is 6.92 Å². The van der Waals surface area contributed by atoms with Crippen LogP contribution in [-0.2, 0) is 21.4 Å². The number of hydrogen-bond acceptors (Lipinski definition) is 4. The third-order valence-corrected chi connectivity index (χ3v) is 4.68. The van der Waals surface area contributed by atoms with E-state index in [2.05, 4.69) is 21.7 Å². The smallest absolute Gasteiger partial charge is 0.235 e. The van der Waals surface area contributed by atoms with E-state index >= 15 is 0 Å². The van der Waals surface area contributed by atoms with Crippen molar-refractivity contribution in [1.82, 2.24) is 14.6 Å². The minimum Gasteiger partial charge on any atom is -0.388 e. The summed E-state index contributed by atoms with van der Waals surface area (Å²) >= 11 is 0. The highest BCUT2D eigenvalue weighted by atomic mass is 19.1. The zero-order valence-electron chi connectivity index (χ0n) is 12.3. The van der Waals surface area contributed by atoms with E-state index in [0.717, 1.165) is 30.4 Å². The number of carbonyl (C=O) groups is 1. The van der Waals surface area contributed by atoms with Crippen LogP contribution in [0.15, 0.2) is 12.3 Å². The molecule has 2 heterocycles. The van der Waals surface area contributed by atoms with Crippen molar-refractivity contribution in [3.63, 3.8) is 0 Å². The van der Waals surface area contributed by atoms with Crippen molar-refractivity contribution in [3.05, 3.63) is 29.5 Å². The lowest BCUT2D eigenvalue weighted by atomic mass is 9.56. The Labute approximate surface area is 122 Å². The van der Waals surface area contributed by atoms with Crippen LogP contribution in [0, 0.1) is 17.8 Å². The number of hydrogen-bond donors (Lipinski definition) is 0. The highest BCUT2D eigenvalue weighted by molar-refractivity contribution is 5.61. The monoisotopic (exact) mass is 291 g/mol. The molecule has 2 aromatic heterocycles. The van der Waals surface area contributed by atoms with Gasteiger partial charge in [0.25, 0.3) is 0 Å². The van der Waals surface area contributed by atoms with Crippen molar-refractivity contribution < 1.29 is 13.9 Å². The third kappa shape index (κ3) is 1.89. The third-order valence-electron chi connectivity index (χ3n) is 4.68. The molecule has 2 aliphatic rings. The van der Waals surface area contributed by atoms with Crippen LogP contribution in [0.4, 0.5) is 4.39 Å². The maximum Gasteiger partial charge on any atom is 0.235 e. The molecule has 0 saturated heterocycles. The van der Waals surface area contributed by atoms with Gasteiger partial charge in [-0.2, -0.15) is 4.39 Å². The Hall–Kier alpha value is -1.82. The molecule has 1 saturated carbocycles. The summed E-state index contributed by atoms with van der Waals surface area (Å²) in [6, 6.07) is 1.34. The van der Waals surface area contributed by atoms with E-state index in [9.17, 15) is 9.18 Å². The molecular weight excluding hydrogens is 273 g/mol. The number of aromatic nitrogens is 3. The Morgan fingerprint density at radius 1 is 1.52 bits per heavy atom. The van der Waals surface area contributed by atoms with Crippen LogP contribution in [0.3, 0.4) is 0 Å². The van der Waals surface area contributed by atoms with Crippen molar-refractivity contribution in [2.75, 3.05) is 14.2 Å². The molecule has 4 rings (SSSR count). The average molecular weight is 291 g/mol. The van der Waals surface area contributed by atoms with Gasteiger partial charge < -0.3 is 9.53 Å². The minimum absolute atomic E-state index is 0.0550. The lowest BCUT2D eigenvalue weighted by molar-refractivity contribution is -0.119. The molecule has 2 aliphatic carbocycles. The minimum atomic E-state index is -0.505. The van der Waals surface area contributed by atoms with Gasteiger partial charge in [0.15, 0.2) is 5.65 Å². The number of carbonyl (C=O) groups excluding carboxylic acids is 1. The summed E-state index contributed by atoms with van der Waals surface area (Å²) in [5.41, 5.74) is 2.63. The Kier molecular flexibility index (Phi) is 3.28. The summed E-state index contributed by atoms with van der Waals surface area (Å²) in [5, 5.41) is 3.90. The quantitative estimate of drug-likeness (QED) is 0.752. The molecule has 0 N–H and O–H groups in total. The summed E-state index contributed by atoms with van der Waals surface area (Å²) in [4.78, 5) is 15.2. The molecule has 0 spiro atoms. The van der Waals surface area contributed by atoms with Gasteiger partial charge in [-0.3, -0.25) is 0 Å². The number of aldehydes is 1. The highest BCUT2D eigenvalue weighted by Crippen LogP contribution is 2.58.